The number of hydrogen-bond donors (Lipinski definition) is 1. The largest absolute Gasteiger partial charge is 0.324 e. The molecule has 17 heavy (non-hydrogen) atoms. The fourth-order valence-corrected chi connectivity index (χ4v) is 2.44. The molecule has 0 aliphatic heterocycles. The number of aromatic nitrogens is 2. The number of rotatable bonds is 2. The molecule has 0 aliphatic carbocycles. The summed E-state index contributed by atoms with van der Waals surface area (Å²) in [6.07, 6.45) is 1.85. The zero-order valence-corrected chi connectivity index (χ0v) is 11.8. The Kier molecular flexibility index (Phi) is 3.35. The second-order valence-electron chi connectivity index (χ2n) is 4.32. The topological polar surface area (TPSA) is 43.8 Å². The molecule has 0 bridgehead atoms. The van der Waals surface area contributed by atoms with E-state index in [1.165, 1.54) is 5.56 Å². The summed E-state index contributed by atoms with van der Waals surface area (Å²) in [5.74, 6) is 0. The van der Waals surface area contributed by atoms with Gasteiger partial charge in [0.15, 0.2) is 0 Å². The van der Waals surface area contributed by atoms with Crippen LogP contribution in [0.1, 0.15) is 29.8 Å². The minimum atomic E-state index is 0.0134. The van der Waals surface area contributed by atoms with Crippen LogP contribution in [-0.2, 0) is 0 Å². The molecule has 2 rings (SSSR count). The Hall–Kier alpha value is -1.13. The summed E-state index contributed by atoms with van der Waals surface area (Å²) in [5.41, 5.74) is 10.4. The van der Waals surface area contributed by atoms with E-state index in [1.54, 1.807) is 0 Å². The van der Waals surface area contributed by atoms with Crippen molar-refractivity contribution in [2.24, 2.45) is 5.73 Å². The number of hydrogen-bond acceptors (Lipinski definition) is 2. The molecule has 0 saturated heterocycles. The number of benzene rings is 1. The van der Waals surface area contributed by atoms with Crippen molar-refractivity contribution in [2.75, 3.05) is 0 Å². The van der Waals surface area contributed by atoms with Gasteiger partial charge in [0.1, 0.15) is 0 Å². The summed E-state index contributed by atoms with van der Waals surface area (Å²) in [4.78, 5) is 0. The second kappa shape index (κ2) is 4.63. The van der Waals surface area contributed by atoms with E-state index in [1.807, 2.05) is 30.8 Å². The fourth-order valence-electron chi connectivity index (χ4n) is 1.97. The maximum atomic E-state index is 5.91. The minimum absolute atomic E-state index is 0.0134. The molecule has 0 aliphatic rings. The van der Waals surface area contributed by atoms with Gasteiger partial charge in [-0.1, -0.05) is 15.9 Å². The first kappa shape index (κ1) is 12.3. The molecule has 0 spiro atoms. The van der Waals surface area contributed by atoms with Gasteiger partial charge in [0.2, 0.25) is 0 Å². The van der Waals surface area contributed by atoms with Gasteiger partial charge in [0.05, 0.1) is 11.9 Å². The molecule has 1 aromatic heterocycles. The molecule has 1 aromatic carbocycles. The lowest BCUT2D eigenvalue weighted by Crippen LogP contribution is -2.07. The van der Waals surface area contributed by atoms with E-state index < -0.39 is 0 Å². The molecular weight excluding hydrogens is 278 g/mol. The van der Waals surface area contributed by atoms with Crippen LogP contribution in [0.2, 0.25) is 0 Å². The van der Waals surface area contributed by atoms with E-state index in [0.717, 1.165) is 21.4 Å². The normalized spacial score (nSPS) is 12.8. The van der Waals surface area contributed by atoms with Gasteiger partial charge in [-0.2, -0.15) is 5.10 Å². The molecule has 1 unspecified atom stereocenters. The quantitative estimate of drug-likeness (QED) is 0.923. The molecule has 0 saturated carbocycles. The van der Waals surface area contributed by atoms with E-state index in [0.29, 0.717) is 0 Å². The maximum absolute atomic E-state index is 5.91. The highest BCUT2D eigenvalue weighted by atomic mass is 79.9. The molecule has 2 N–H and O–H groups in total. The van der Waals surface area contributed by atoms with Crippen molar-refractivity contribution in [1.29, 1.82) is 0 Å². The number of halogens is 1. The van der Waals surface area contributed by atoms with Gasteiger partial charge in [-0.15, -0.1) is 0 Å². The third kappa shape index (κ3) is 2.28. The van der Waals surface area contributed by atoms with Gasteiger partial charge in [-0.3, -0.25) is 0 Å². The van der Waals surface area contributed by atoms with Crippen molar-refractivity contribution in [3.05, 3.63) is 45.7 Å². The first-order chi connectivity index (χ1) is 8.00. The SMILES string of the molecule is Cc1cc(Br)ccc1-n1ncc(C(C)N)c1C. The predicted molar refractivity (Wildman–Crippen MR) is 73.3 cm³/mol. The molecule has 3 nitrogen and oxygen atoms in total. The Labute approximate surface area is 110 Å². The molecule has 0 amide bonds. The van der Waals surface area contributed by atoms with Crippen molar-refractivity contribution in [1.82, 2.24) is 9.78 Å². The van der Waals surface area contributed by atoms with Gasteiger partial charge in [0, 0.05) is 21.8 Å². The Bertz CT molecular complexity index is 544. The van der Waals surface area contributed by atoms with E-state index in [4.69, 9.17) is 5.73 Å². The van der Waals surface area contributed by atoms with Crippen molar-refractivity contribution in [2.45, 2.75) is 26.8 Å². The third-order valence-corrected chi connectivity index (χ3v) is 3.42. The Morgan fingerprint density at radius 3 is 2.59 bits per heavy atom. The summed E-state index contributed by atoms with van der Waals surface area (Å²) >= 11 is 3.47. The van der Waals surface area contributed by atoms with Crippen LogP contribution in [0.4, 0.5) is 0 Å². The lowest BCUT2D eigenvalue weighted by molar-refractivity contribution is 0.795. The van der Waals surface area contributed by atoms with E-state index >= 15 is 0 Å². The van der Waals surface area contributed by atoms with Crippen LogP contribution >= 0.6 is 15.9 Å². The zero-order valence-electron chi connectivity index (χ0n) is 10.2. The lowest BCUT2D eigenvalue weighted by Gasteiger charge is -2.10. The average molecular weight is 294 g/mol. The summed E-state index contributed by atoms with van der Waals surface area (Å²) in [6.45, 7) is 6.10. The van der Waals surface area contributed by atoms with Crippen LogP contribution in [0.3, 0.4) is 0 Å². The Morgan fingerprint density at radius 2 is 2.06 bits per heavy atom. The monoisotopic (exact) mass is 293 g/mol. The minimum Gasteiger partial charge on any atom is -0.324 e. The molecule has 0 radical (unpaired) electrons. The maximum Gasteiger partial charge on any atom is 0.0678 e. The number of nitrogens with zero attached hydrogens (tertiary/aromatic N) is 2. The predicted octanol–water partition coefficient (Wildman–Crippen LogP) is 3.27. The van der Waals surface area contributed by atoms with Crippen molar-refractivity contribution in [3.63, 3.8) is 0 Å². The van der Waals surface area contributed by atoms with Gasteiger partial charge in [0.25, 0.3) is 0 Å². The molecule has 4 heteroatoms. The van der Waals surface area contributed by atoms with E-state index in [-0.39, 0.29) is 6.04 Å². The Morgan fingerprint density at radius 1 is 1.35 bits per heavy atom. The van der Waals surface area contributed by atoms with Gasteiger partial charge < -0.3 is 5.73 Å². The molecule has 0 fully saturated rings. The standard InChI is InChI=1S/C13H16BrN3/c1-8-6-11(14)4-5-13(8)17-10(3)12(7-16-17)9(2)15/h4-7,9H,15H2,1-3H3. The van der Waals surface area contributed by atoms with Crippen molar-refractivity contribution < 1.29 is 0 Å². The highest BCUT2D eigenvalue weighted by molar-refractivity contribution is 9.10. The van der Waals surface area contributed by atoms with Crippen LogP contribution in [-0.4, -0.2) is 9.78 Å². The molecule has 1 heterocycles. The van der Waals surface area contributed by atoms with Crippen LogP contribution in [0, 0.1) is 13.8 Å². The molecule has 1 atom stereocenters. The molecule has 2 aromatic rings. The summed E-state index contributed by atoms with van der Waals surface area (Å²) < 4.78 is 3.02. The average Bonchev–Trinajstić information content (AvgIpc) is 2.60. The summed E-state index contributed by atoms with van der Waals surface area (Å²) in [5, 5.41) is 4.42. The smallest absolute Gasteiger partial charge is 0.0678 e. The Balaban J connectivity index is 2.54. The summed E-state index contributed by atoms with van der Waals surface area (Å²) in [7, 11) is 0. The highest BCUT2D eigenvalue weighted by Gasteiger charge is 2.12. The third-order valence-electron chi connectivity index (χ3n) is 2.93. The first-order valence-electron chi connectivity index (χ1n) is 5.57. The first-order valence-corrected chi connectivity index (χ1v) is 6.36. The fraction of sp³-hybridized carbons (Fsp3) is 0.308. The van der Waals surface area contributed by atoms with Crippen molar-refractivity contribution in [3.8, 4) is 5.69 Å². The summed E-state index contributed by atoms with van der Waals surface area (Å²) in [6, 6.07) is 6.18. The second-order valence-corrected chi connectivity index (χ2v) is 5.23. The van der Waals surface area contributed by atoms with Crippen LogP contribution in [0.5, 0.6) is 0 Å². The molecular formula is C13H16BrN3. The van der Waals surface area contributed by atoms with Gasteiger partial charge >= 0.3 is 0 Å². The van der Waals surface area contributed by atoms with Crippen molar-refractivity contribution >= 4 is 15.9 Å². The van der Waals surface area contributed by atoms with E-state index in [2.05, 4.69) is 40.1 Å². The van der Waals surface area contributed by atoms with Gasteiger partial charge in [-0.05, 0) is 44.5 Å². The lowest BCUT2D eigenvalue weighted by atomic mass is 10.1. The van der Waals surface area contributed by atoms with E-state index in [9.17, 15) is 0 Å². The van der Waals surface area contributed by atoms with Crippen LogP contribution in [0.25, 0.3) is 5.69 Å². The van der Waals surface area contributed by atoms with Crippen LogP contribution in [0.15, 0.2) is 28.9 Å². The highest BCUT2D eigenvalue weighted by Crippen LogP contribution is 2.23. The van der Waals surface area contributed by atoms with Crippen LogP contribution < -0.4 is 5.73 Å². The van der Waals surface area contributed by atoms with Gasteiger partial charge in [-0.25, -0.2) is 4.68 Å². The number of nitrogens with two attached hydrogens (primary N) is 1. The molecule has 90 valence electrons. The zero-order chi connectivity index (χ0) is 12.6. The number of aryl methyl sites for hydroxylation is 1.